The summed E-state index contributed by atoms with van der Waals surface area (Å²) in [6.07, 6.45) is 5.72. The first-order chi connectivity index (χ1) is 8.99. The van der Waals surface area contributed by atoms with Crippen LogP contribution in [-0.2, 0) is 10.1 Å². The fourth-order valence-electron chi connectivity index (χ4n) is 1.36. The fraction of sp³-hybridized carbons (Fsp3) is 0.444. The van der Waals surface area contributed by atoms with E-state index in [1.807, 2.05) is 6.92 Å². The van der Waals surface area contributed by atoms with Crippen molar-refractivity contribution >= 4 is 23.4 Å². The molecule has 1 atom stereocenters. The van der Waals surface area contributed by atoms with Crippen LogP contribution in [0.25, 0.3) is 6.08 Å². The topological polar surface area (TPSA) is 74.0 Å². The van der Waals surface area contributed by atoms with Crippen LogP contribution in [-0.4, -0.2) is 25.2 Å². The van der Waals surface area contributed by atoms with Gasteiger partial charge in [-0.05, 0) is 6.08 Å². The number of hydrogen-bond donors (Lipinski definition) is 2. The van der Waals surface area contributed by atoms with Gasteiger partial charge in [0.05, 0.1) is 0 Å². The number of H-pyrrole nitrogens is 1. The molecule has 11 heteroatoms. The Hall–Kier alpha value is -1.36. The normalized spacial score (nSPS) is 13.3. The van der Waals surface area contributed by atoms with Gasteiger partial charge in [0.2, 0.25) is 11.7 Å². The lowest BCUT2D eigenvalue weighted by Gasteiger charge is -2.08. The number of imidazole rings is 1. The van der Waals surface area contributed by atoms with Crippen LogP contribution in [0.4, 0.5) is 17.3 Å². The molecule has 5 nitrogen and oxygen atoms in total. The van der Waals surface area contributed by atoms with Gasteiger partial charge < -0.3 is 17.3 Å². The van der Waals surface area contributed by atoms with Crippen molar-refractivity contribution in [1.29, 1.82) is 0 Å². The minimum Gasteiger partial charge on any atom is -0.418 e. The Kier molecular flexibility index (Phi) is 6.93. The molecule has 0 spiro atoms. The van der Waals surface area contributed by atoms with Crippen LogP contribution in [0.1, 0.15) is 30.8 Å². The molecule has 116 valence electrons. The third-order valence-electron chi connectivity index (χ3n) is 2.10. The Morgan fingerprint density at radius 3 is 2.30 bits per heavy atom. The van der Waals surface area contributed by atoms with Gasteiger partial charge in [-0.2, -0.15) is 8.42 Å². The van der Waals surface area contributed by atoms with Crippen molar-refractivity contribution in [3.63, 3.8) is 0 Å². The van der Waals surface area contributed by atoms with Crippen LogP contribution >= 0.6 is 0 Å². The number of hydrogen-bond acceptors (Lipinski definition) is 2. The number of aromatic amines is 1. The summed E-state index contributed by atoms with van der Waals surface area (Å²) in [6.45, 7) is 5.42. The average Bonchev–Trinajstić information content (AvgIpc) is 2.70. The molecule has 1 heterocycles. The molecule has 1 rings (SSSR count). The van der Waals surface area contributed by atoms with E-state index >= 15 is 0 Å². The van der Waals surface area contributed by atoms with Crippen LogP contribution in [0.2, 0.25) is 0 Å². The van der Waals surface area contributed by atoms with E-state index in [4.69, 9.17) is 4.55 Å². The minimum atomic E-state index is -6.00. The number of nitrogens with one attached hydrogen (secondary N) is 1. The van der Waals surface area contributed by atoms with E-state index in [1.54, 1.807) is 12.3 Å². The van der Waals surface area contributed by atoms with E-state index in [-0.39, 0.29) is 0 Å². The van der Waals surface area contributed by atoms with Gasteiger partial charge >= 0.3 is 17.4 Å². The first-order valence-electron chi connectivity index (χ1n) is 5.54. The standard InChI is InChI=1S/C9H14N2O3S.BF4/c1-3-5-9(15(12,13)14)11-6-8(4-2)10-7-11;2-1(3,4)5/h4,6-7,9H,2-3,5H2,1H3,(H,12,13,14);/q;-1/p+1. The first-order valence-corrected chi connectivity index (χ1v) is 7.04. The Morgan fingerprint density at radius 2 is 2.00 bits per heavy atom. The molecule has 1 aromatic heterocycles. The largest absolute Gasteiger partial charge is 0.673 e. The molecular formula is C9H15BF4N2O3S. The summed E-state index contributed by atoms with van der Waals surface area (Å²) in [6, 6.07) is 0. The summed E-state index contributed by atoms with van der Waals surface area (Å²) in [4.78, 5) is 2.84. The monoisotopic (exact) mass is 318 g/mol. The molecule has 0 bridgehead atoms. The second-order valence-corrected chi connectivity index (χ2v) is 5.34. The lowest BCUT2D eigenvalue weighted by molar-refractivity contribution is -0.701. The molecular weight excluding hydrogens is 303 g/mol. The van der Waals surface area contributed by atoms with Gasteiger partial charge in [0.1, 0.15) is 6.20 Å². The second kappa shape index (κ2) is 7.43. The molecule has 0 aliphatic heterocycles. The average molecular weight is 318 g/mol. The number of nitrogens with zero attached hydrogens (tertiary/aromatic N) is 1. The second-order valence-electron chi connectivity index (χ2n) is 3.76. The molecule has 2 N–H and O–H groups in total. The lowest BCUT2D eigenvalue weighted by atomic mass is 10.3. The molecule has 1 unspecified atom stereocenters. The van der Waals surface area contributed by atoms with Crippen molar-refractivity contribution in [2.24, 2.45) is 0 Å². The molecule has 0 saturated carbocycles. The smallest absolute Gasteiger partial charge is 0.418 e. The summed E-state index contributed by atoms with van der Waals surface area (Å²) in [5.74, 6) is 0. The number of halogens is 4. The van der Waals surface area contributed by atoms with Gasteiger partial charge in [0.25, 0.3) is 0 Å². The summed E-state index contributed by atoms with van der Waals surface area (Å²) in [5.41, 5.74) is 0.708. The summed E-state index contributed by atoms with van der Waals surface area (Å²) >= 11 is 0. The number of rotatable bonds is 5. The van der Waals surface area contributed by atoms with E-state index in [1.165, 1.54) is 10.9 Å². The zero-order chi connectivity index (χ0) is 16.0. The van der Waals surface area contributed by atoms with Gasteiger partial charge in [-0.25, -0.2) is 9.55 Å². The van der Waals surface area contributed by atoms with E-state index in [0.717, 1.165) is 0 Å². The highest BCUT2D eigenvalue weighted by molar-refractivity contribution is 7.85. The summed E-state index contributed by atoms with van der Waals surface area (Å²) < 4.78 is 71.7. The maximum Gasteiger partial charge on any atom is 0.673 e. The first kappa shape index (κ1) is 18.6. The predicted molar refractivity (Wildman–Crippen MR) is 66.8 cm³/mol. The summed E-state index contributed by atoms with van der Waals surface area (Å²) in [5, 5.41) is -0.924. The van der Waals surface area contributed by atoms with Crippen LogP contribution in [0.5, 0.6) is 0 Å². The van der Waals surface area contributed by atoms with E-state index in [9.17, 15) is 25.7 Å². The summed E-state index contributed by atoms with van der Waals surface area (Å²) in [7, 11) is -10.1. The third-order valence-corrected chi connectivity index (χ3v) is 3.27. The third kappa shape index (κ3) is 7.94. The Bertz CT molecular complexity index is 524. The molecule has 0 saturated heterocycles. The highest BCUT2D eigenvalue weighted by Crippen LogP contribution is 2.13. The molecule has 0 amide bonds. The van der Waals surface area contributed by atoms with Crippen molar-refractivity contribution in [3.8, 4) is 0 Å². The zero-order valence-corrected chi connectivity index (χ0v) is 11.5. The van der Waals surface area contributed by atoms with Crippen LogP contribution in [0.3, 0.4) is 0 Å². The van der Waals surface area contributed by atoms with Gasteiger partial charge in [0.15, 0.2) is 5.69 Å². The lowest BCUT2D eigenvalue weighted by Crippen LogP contribution is -2.41. The van der Waals surface area contributed by atoms with Gasteiger partial charge in [0, 0.05) is 6.42 Å². The number of aromatic nitrogens is 2. The Labute approximate surface area is 114 Å². The van der Waals surface area contributed by atoms with Gasteiger partial charge in [-0.15, -0.1) is 0 Å². The molecule has 20 heavy (non-hydrogen) atoms. The van der Waals surface area contributed by atoms with Gasteiger partial charge in [-0.3, -0.25) is 4.55 Å². The highest BCUT2D eigenvalue weighted by Gasteiger charge is 2.28. The quantitative estimate of drug-likeness (QED) is 0.379. The van der Waals surface area contributed by atoms with Crippen molar-refractivity contribution < 1.29 is 34.8 Å². The van der Waals surface area contributed by atoms with Gasteiger partial charge in [-0.1, -0.05) is 19.9 Å². The van der Waals surface area contributed by atoms with Crippen molar-refractivity contribution in [2.75, 3.05) is 0 Å². The van der Waals surface area contributed by atoms with Crippen molar-refractivity contribution in [3.05, 3.63) is 24.8 Å². The minimum absolute atomic E-state index is 0.373. The Balaban J connectivity index is 0.000000621. The van der Waals surface area contributed by atoms with Crippen LogP contribution in [0.15, 0.2) is 19.1 Å². The molecule has 0 aromatic carbocycles. The molecule has 1 aromatic rings. The van der Waals surface area contributed by atoms with E-state index in [0.29, 0.717) is 18.5 Å². The zero-order valence-electron chi connectivity index (χ0n) is 10.6. The molecule has 0 aliphatic carbocycles. The van der Waals surface area contributed by atoms with E-state index < -0.39 is 22.7 Å². The maximum absolute atomic E-state index is 11.1. The fourth-order valence-corrected chi connectivity index (χ4v) is 2.32. The SMILES string of the molecule is C=Cc1c[n+](C(CCC)S(=O)(=O)O)c[nH]1.F[B-](F)(F)F. The molecule has 0 aliphatic rings. The Morgan fingerprint density at radius 1 is 1.50 bits per heavy atom. The molecule has 0 fully saturated rings. The highest BCUT2D eigenvalue weighted by atomic mass is 32.2. The molecule has 0 radical (unpaired) electrons. The predicted octanol–water partition coefficient (Wildman–Crippen LogP) is 2.43. The van der Waals surface area contributed by atoms with E-state index in [2.05, 4.69) is 11.6 Å². The maximum atomic E-state index is 11.1. The van der Waals surface area contributed by atoms with Crippen LogP contribution < -0.4 is 4.57 Å². The van der Waals surface area contributed by atoms with Crippen molar-refractivity contribution in [1.82, 2.24) is 4.98 Å². The van der Waals surface area contributed by atoms with Crippen molar-refractivity contribution in [2.45, 2.75) is 25.1 Å². The van der Waals surface area contributed by atoms with Crippen LogP contribution in [0, 0.1) is 0 Å².